The van der Waals surface area contributed by atoms with Crippen LogP contribution in [0.2, 0.25) is 0 Å². The minimum Gasteiger partial charge on any atom is -0.478 e. The van der Waals surface area contributed by atoms with Crippen LogP contribution in [-0.2, 0) is 9.47 Å². The molecule has 2 atom stereocenters. The molecular weight excluding hydrogens is 857 g/mol. The van der Waals surface area contributed by atoms with Crippen LogP contribution in [0.5, 0.6) is 0 Å². The highest BCUT2D eigenvalue weighted by Crippen LogP contribution is 2.30. The molecule has 0 aromatic heterocycles. The second kappa shape index (κ2) is 32.3. The number of carbonyl (C=O) groups excluding carboxylic acids is 2. The average Bonchev–Trinajstić information content (AvgIpc) is 3.38. The van der Waals surface area contributed by atoms with E-state index in [4.69, 9.17) is 9.47 Å². The molecule has 0 spiro atoms. The number of carboxylic acid groups (broad SMARTS) is 1. The quantitative estimate of drug-likeness (QED) is 0.0349. The van der Waals surface area contributed by atoms with Gasteiger partial charge in [0.05, 0.1) is 30.9 Å². The summed E-state index contributed by atoms with van der Waals surface area (Å²) in [6.07, 6.45) is 25.3. The van der Waals surface area contributed by atoms with Crippen LogP contribution in [0.15, 0.2) is 127 Å². The Balaban J connectivity index is 1.15. The van der Waals surface area contributed by atoms with Gasteiger partial charge in [0, 0.05) is 24.3 Å². The molecule has 8 heteroatoms. The predicted molar refractivity (Wildman–Crippen MR) is 283 cm³/mol. The molecule has 0 saturated heterocycles. The molecule has 5 aromatic rings. The molecule has 0 aliphatic heterocycles. The van der Waals surface area contributed by atoms with E-state index in [9.17, 15) is 19.5 Å². The summed E-state index contributed by atoms with van der Waals surface area (Å²) in [5.41, 5.74) is 6.03. The van der Waals surface area contributed by atoms with E-state index in [-0.39, 0.29) is 29.5 Å². The summed E-state index contributed by atoms with van der Waals surface area (Å²) < 4.78 is 12.2. The molecule has 370 valence electrons. The van der Waals surface area contributed by atoms with Gasteiger partial charge in [-0.1, -0.05) is 214 Å². The van der Waals surface area contributed by atoms with E-state index in [1.165, 1.54) is 103 Å². The summed E-state index contributed by atoms with van der Waals surface area (Å²) in [6.45, 7) is 6.58. The summed E-state index contributed by atoms with van der Waals surface area (Å²) in [6, 6.07) is 38.9. The zero-order valence-electron chi connectivity index (χ0n) is 41.7. The molecule has 0 aliphatic carbocycles. The average molecular weight is 937 g/mol. The number of hydrogen-bond donors (Lipinski definition) is 3. The van der Waals surface area contributed by atoms with Crippen molar-refractivity contribution in [3.8, 4) is 22.3 Å². The second-order valence-electron chi connectivity index (χ2n) is 18.6. The fourth-order valence-electron chi connectivity index (χ4n) is 8.79. The molecule has 8 nitrogen and oxygen atoms in total. The van der Waals surface area contributed by atoms with Crippen LogP contribution in [0, 0.1) is 0 Å². The van der Waals surface area contributed by atoms with Crippen molar-refractivity contribution < 1.29 is 29.0 Å². The predicted octanol–water partition coefficient (Wildman–Crippen LogP) is 15.5. The molecule has 0 fully saturated rings. The van der Waals surface area contributed by atoms with Crippen LogP contribution in [0.1, 0.15) is 197 Å². The third kappa shape index (κ3) is 20.1. The highest BCUT2D eigenvalue weighted by molar-refractivity contribution is 5.97. The zero-order chi connectivity index (χ0) is 48.7. The molecule has 3 N–H and O–H groups in total. The van der Waals surface area contributed by atoms with Crippen molar-refractivity contribution in [1.82, 2.24) is 10.6 Å². The van der Waals surface area contributed by atoms with Crippen LogP contribution in [0.3, 0.4) is 0 Å². The van der Waals surface area contributed by atoms with Crippen molar-refractivity contribution in [1.29, 1.82) is 0 Å². The Morgan fingerprint density at radius 3 is 1.07 bits per heavy atom. The van der Waals surface area contributed by atoms with Gasteiger partial charge in [0.1, 0.15) is 0 Å². The van der Waals surface area contributed by atoms with Crippen LogP contribution < -0.4 is 10.6 Å². The third-order valence-corrected chi connectivity index (χ3v) is 13.0. The highest BCUT2D eigenvalue weighted by atomic mass is 16.5. The van der Waals surface area contributed by atoms with Crippen molar-refractivity contribution in [3.05, 3.63) is 155 Å². The lowest BCUT2D eigenvalue weighted by Crippen LogP contribution is -2.31. The minimum atomic E-state index is -1.05. The Bertz CT molecular complexity index is 2040. The lowest BCUT2D eigenvalue weighted by atomic mass is 9.95. The molecule has 5 rings (SSSR count). The number of aromatic carboxylic acids is 1. The Morgan fingerprint density at radius 2 is 0.739 bits per heavy atom. The van der Waals surface area contributed by atoms with Crippen LogP contribution >= 0.6 is 0 Å². The molecule has 0 saturated carbocycles. The maximum atomic E-state index is 13.6. The van der Waals surface area contributed by atoms with Gasteiger partial charge >= 0.3 is 5.97 Å². The number of ether oxygens (including phenoxy) is 2. The van der Waals surface area contributed by atoms with Gasteiger partial charge in [0.2, 0.25) is 0 Å². The Morgan fingerprint density at radius 1 is 0.406 bits per heavy atom. The molecule has 0 unspecified atom stereocenters. The van der Waals surface area contributed by atoms with Crippen molar-refractivity contribution in [2.75, 3.05) is 26.4 Å². The summed E-state index contributed by atoms with van der Waals surface area (Å²) in [5.74, 6) is -1.47. The number of carbonyl (C=O) groups is 3. The number of rotatable bonds is 35. The summed E-state index contributed by atoms with van der Waals surface area (Å²) >= 11 is 0. The van der Waals surface area contributed by atoms with Crippen molar-refractivity contribution in [2.45, 2.75) is 154 Å². The van der Waals surface area contributed by atoms with Gasteiger partial charge < -0.3 is 25.2 Å². The van der Waals surface area contributed by atoms with Crippen molar-refractivity contribution >= 4 is 17.8 Å². The first-order valence-electron chi connectivity index (χ1n) is 26.3. The van der Waals surface area contributed by atoms with E-state index in [0.29, 0.717) is 48.7 Å². The second-order valence-corrected chi connectivity index (χ2v) is 18.6. The molecule has 69 heavy (non-hydrogen) atoms. The van der Waals surface area contributed by atoms with E-state index in [1.807, 2.05) is 91.0 Å². The molecular formula is C61H80N2O6. The van der Waals surface area contributed by atoms with Crippen LogP contribution in [0.25, 0.3) is 22.3 Å². The smallest absolute Gasteiger partial charge is 0.335 e. The SMILES string of the molecule is CCCCCCCCCCCCOC[C@@H](NC(=O)c1ccc(-c2cc(C(=O)O)cc(-c3ccc(C(=O)N[C@H](COCCCCCCCCCCCC)c4ccccc4)cc3)c2)cc1)c1ccccc1. The first kappa shape index (κ1) is 54.4. The van der Waals surface area contributed by atoms with Gasteiger partial charge in [-0.05, 0) is 88.7 Å². The van der Waals surface area contributed by atoms with Gasteiger partial charge in [-0.15, -0.1) is 0 Å². The van der Waals surface area contributed by atoms with Crippen LogP contribution in [-0.4, -0.2) is 49.3 Å². The topological polar surface area (TPSA) is 114 Å². The lowest BCUT2D eigenvalue weighted by molar-refractivity contribution is 0.0696. The van der Waals surface area contributed by atoms with E-state index in [2.05, 4.69) is 24.5 Å². The van der Waals surface area contributed by atoms with Crippen molar-refractivity contribution in [3.63, 3.8) is 0 Å². The summed E-state index contributed by atoms with van der Waals surface area (Å²) in [5, 5.41) is 16.5. The Kier molecular flexibility index (Phi) is 25.4. The van der Waals surface area contributed by atoms with E-state index in [1.54, 1.807) is 36.4 Å². The lowest BCUT2D eigenvalue weighted by Gasteiger charge is -2.20. The number of carboxylic acids is 1. The number of unbranched alkanes of at least 4 members (excludes halogenated alkanes) is 18. The van der Waals surface area contributed by atoms with Gasteiger partial charge in [-0.2, -0.15) is 0 Å². The number of amides is 2. The Hall–Kier alpha value is -5.57. The largest absolute Gasteiger partial charge is 0.478 e. The molecule has 5 aromatic carbocycles. The third-order valence-electron chi connectivity index (χ3n) is 13.0. The normalized spacial score (nSPS) is 12.1. The first-order chi connectivity index (χ1) is 33.9. The maximum absolute atomic E-state index is 13.6. The number of benzene rings is 5. The fraction of sp³-hybridized carbons (Fsp3) is 0.459. The Labute approximate surface area is 414 Å². The molecule has 0 heterocycles. The number of hydrogen-bond acceptors (Lipinski definition) is 5. The standard InChI is InChI=1S/C61H80N2O6/c1-3-5-7-9-11-13-15-17-19-27-41-68-46-57(50-29-23-21-24-30-50)62-59(64)52-37-33-48(34-38-52)54-43-55(45-56(44-54)61(66)67)49-35-39-53(40-36-49)60(65)63-58(51-31-25-22-26-32-51)47-69-42-28-20-18-16-14-12-10-8-6-4-2/h21-26,29-40,43-45,57-58H,3-20,27-28,41-42,46-47H2,1-2H3,(H,62,64)(H,63,65)(H,66,67)/t57-,58-/m1/s1. The van der Waals surface area contributed by atoms with Gasteiger partial charge in [0.15, 0.2) is 0 Å². The monoisotopic (exact) mass is 937 g/mol. The summed E-state index contributed by atoms with van der Waals surface area (Å²) in [7, 11) is 0. The molecule has 2 amide bonds. The van der Waals surface area contributed by atoms with E-state index >= 15 is 0 Å². The van der Waals surface area contributed by atoms with Crippen molar-refractivity contribution in [2.24, 2.45) is 0 Å². The van der Waals surface area contributed by atoms with Gasteiger partial charge in [-0.3, -0.25) is 9.59 Å². The van der Waals surface area contributed by atoms with E-state index in [0.717, 1.165) is 47.9 Å². The van der Waals surface area contributed by atoms with Gasteiger partial charge in [0.25, 0.3) is 11.8 Å². The minimum absolute atomic E-state index is 0.137. The summed E-state index contributed by atoms with van der Waals surface area (Å²) in [4.78, 5) is 39.7. The number of nitrogens with one attached hydrogen (secondary N) is 2. The highest BCUT2D eigenvalue weighted by Gasteiger charge is 2.19. The maximum Gasteiger partial charge on any atom is 0.335 e. The van der Waals surface area contributed by atoms with Gasteiger partial charge in [-0.25, -0.2) is 4.79 Å². The molecule has 0 radical (unpaired) electrons. The van der Waals surface area contributed by atoms with E-state index < -0.39 is 5.97 Å². The molecule has 0 bridgehead atoms. The fourth-order valence-corrected chi connectivity index (χ4v) is 8.79. The zero-order valence-corrected chi connectivity index (χ0v) is 41.7. The molecule has 0 aliphatic rings. The van der Waals surface area contributed by atoms with Crippen LogP contribution in [0.4, 0.5) is 0 Å². The first-order valence-corrected chi connectivity index (χ1v) is 26.3.